The van der Waals surface area contributed by atoms with Crippen LogP contribution in [0.5, 0.6) is 0 Å². The van der Waals surface area contributed by atoms with Crippen molar-refractivity contribution < 1.29 is 14.6 Å². The van der Waals surface area contributed by atoms with Crippen LogP contribution in [0.1, 0.15) is 5.56 Å². The quantitative estimate of drug-likeness (QED) is 0.494. The molecule has 0 saturated carbocycles. The van der Waals surface area contributed by atoms with Gasteiger partial charge in [-0.2, -0.15) is 0 Å². The predicted octanol–water partition coefficient (Wildman–Crippen LogP) is 1.80. The molecule has 0 aromatic heterocycles. The van der Waals surface area contributed by atoms with Crippen molar-refractivity contribution in [2.75, 3.05) is 13.7 Å². The van der Waals surface area contributed by atoms with E-state index in [0.717, 1.165) is 5.56 Å². The smallest absolute Gasteiger partial charge is 0.255 e. The summed E-state index contributed by atoms with van der Waals surface area (Å²) in [7, 11) is 1.45. The number of aliphatic hydroxyl groups is 1. The molecule has 0 aliphatic carbocycles. The highest BCUT2D eigenvalue weighted by atomic mass is 79.9. The molecule has 1 fully saturated rings. The Morgan fingerprint density at radius 1 is 1.50 bits per heavy atom. The van der Waals surface area contributed by atoms with Crippen molar-refractivity contribution in [3.63, 3.8) is 0 Å². The van der Waals surface area contributed by atoms with E-state index < -0.39 is 18.2 Å². The van der Waals surface area contributed by atoms with Gasteiger partial charge in [-0.05, 0) is 10.4 Å². The second kappa shape index (κ2) is 7.44. The molecule has 0 bridgehead atoms. The molecule has 3 atom stereocenters. The van der Waals surface area contributed by atoms with Crippen LogP contribution in [-0.4, -0.2) is 47.8 Å². The molecule has 22 heavy (non-hydrogen) atoms. The van der Waals surface area contributed by atoms with E-state index >= 15 is 0 Å². The lowest BCUT2D eigenvalue weighted by Crippen LogP contribution is -2.69. The summed E-state index contributed by atoms with van der Waals surface area (Å²) in [6, 6.07) is 8.85. The molecule has 1 amide bonds. The molecule has 2 rings (SSSR count). The number of carbonyl (C=O) groups is 1. The van der Waals surface area contributed by atoms with Gasteiger partial charge in [0.25, 0.3) is 5.91 Å². The summed E-state index contributed by atoms with van der Waals surface area (Å²) in [5.74, 6) is 2.58. The van der Waals surface area contributed by atoms with Gasteiger partial charge in [0.1, 0.15) is 6.10 Å². The van der Waals surface area contributed by atoms with Crippen LogP contribution in [0.4, 0.5) is 0 Å². The van der Waals surface area contributed by atoms with E-state index in [4.69, 9.17) is 4.74 Å². The molecule has 1 aliphatic heterocycles. The van der Waals surface area contributed by atoms with E-state index in [9.17, 15) is 9.90 Å². The topological polar surface area (TPSA) is 49.8 Å². The SMILES string of the molecule is C=C=C(c1ccccc1)[C@@H](O)[C@H]1[C@@H](OC)C(=O)N1CC#CBr. The van der Waals surface area contributed by atoms with Gasteiger partial charge in [0, 0.05) is 28.6 Å². The molecule has 0 spiro atoms. The van der Waals surface area contributed by atoms with Crippen LogP contribution in [0.15, 0.2) is 42.6 Å². The standard InChI is InChI=1S/C17H16BrNO3/c1-3-13(12-8-5-4-6-9-12)15(20)14-16(22-2)17(21)19(14)11-7-10-18/h4-6,8-9,14-16,20H,1,11H2,2H3/t14-,15+,16+/m0/s1. The number of methoxy groups -OCH3 is 1. The highest BCUT2D eigenvalue weighted by Crippen LogP contribution is 2.31. The van der Waals surface area contributed by atoms with Crippen molar-refractivity contribution in [1.29, 1.82) is 0 Å². The van der Waals surface area contributed by atoms with Crippen LogP contribution < -0.4 is 0 Å². The fraction of sp³-hybridized carbons (Fsp3) is 0.294. The third kappa shape index (κ3) is 3.01. The maximum absolute atomic E-state index is 12.0. The molecule has 1 aromatic carbocycles. The zero-order valence-corrected chi connectivity index (χ0v) is 13.7. The highest BCUT2D eigenvalue weighted by Gasteiger charge is 2.51. The first-order valence-corrected chi connectivity index (χ1v) is 7.50. The van der Waals surface area contributed by atoms with Crippen LogP contribution in [0.25, 0.3) is 5.57 Å². The number of hydrogen-bond donors (Lipinski definition) is 1. The molecule has 5 heteroatoms. The Balaban J connectivity index is 2.28. The van der Waals surface area contributed by atoms with Crippen LogP contribution in [-0.2, 0) is 9.53 Å². The molecular formula is C17H16BrNO3. The maximum atomic E-state index is 12.0. The molecule has 1 saturated heterocycles. The molecule has 1 heterocycles. The highest BCUT2D eigenvalue weighted by molar-refractivity contribution is 9.12. The van der Waals surface area contributed by atoms with Gasteiger partial charge in [-0.3, -0.25) is 4.79 Å². The first-order chi connectivity index (χ1) is 10.7. The van der Waals surface area contributed by atoms with Crippen molar-refractivity contribution in [2.24, 2.45) is 0 Å². The van der Waals surface area contributed by atoms with Crippen LogP contribution >= 0.6 is 15.9 Å². The average Bonchev–Trinajstić information content (AvgIpc) is 2.54. The molecule has 0 unspecified atom stereocenters. The zero-order chi connectivity index (χ0) is 16.1. The lowest BCUT2D eigenvalue weighted by Gasteiger charge is -2.47. The van der Waals surface area contributed by atoms with Gasteiger partial charge in [-0.15, -0.1) is 5.73 Å². The minimum atomic E-state index is -0.945. The van der Waals surface area contributed by atoms with Crippen molar-refractivity contribution in [2.45, 2.75) is 18.2 Å². The summed E-state index contributed by atoms with van der Waals surface area (Å²) >= 11 is 3.00. The second-order valence-corrected chi connectivity index (χ2v) is 5.18. The Morgan fingerprint density at radius 2 is 2.18 bits per heavy atom. The Hall–Kier alpha value is -1.83. The number of amides is 1. The number of hydrogen-bond acceptors (Lipinski definition) is 3. The van der Waals surface area contributed by atoms with E-state index in [2.05, 4.69) is 39.0 Å². The lowest BCUT2D eigenvalue weighted by molar-refractivity contribution is -0.175. The summed E-state index contributed by atoms with van der Waals surface area (Å²) in [4.78, 5) is 16.1. The Labute approximate surface area is 138 Å². The van der Waals surface area contributed by atoms with Gasteiger partial charge in [0.2, 0.25) is 0 Å². The van der Waals surface area contributed by atoms with E-state index in [0.29, 0.717) is 5.57 Å². The number of β-lactam (4-membered cyclic amide) rings is 1. The maximum Gasteiger partial charge on any atom is 0.255 e. The lowest BCUT2D eigenvalue weighted by atomic mass is 9.86. The fourth-order valence-corrected chi connectivity index (χ4v) is 2.70. The monoisotopic (exact) mass is 361 g/mol. The van der Waals surface area contributed by atoms with E-state index in [1.54, 1.807) is 0 Å². The normalized spacial score (nSPS) is 21.2. The second-order valence-electron chi connectivity index (χ2n) is 4.79. The van der Waals surface area contributed by atoms with Gasteiger partial charge in [0.05, 0.1) is 12.6 Å². The van der Waals surface area contributed by atoms with Gasteiger partial charge in [-0.1, -0.05) is 42.8 Å². The minimum absolute atomic E-state index is 0.182. The van der Waals surface area contributed by atoms with Crippen molar-refractivity contribution in [1.82, 2.24) is 4.90 Å². The van der Waals surface area contributed by atoms with Crippen LogP contribution in [0, 0.1) is 10.8 Å². The van der Waals surface area contributed by atoms with Gasteiger partial charge in [-0.25, -0.2) is 0 Å². The van der Waals surface area contributed by atoms with Crippen LogP contribution in [0.3, 0.4) is 0 Å². The summed E-state index contributed by atoms with van der Waals surface area (Å²) < 4.78 is 5.20. The third-order valence-corrected chi connectivity index (χ3v) is 3.94. The number of likely N-dealkylation sites (tertiary alicyclic amines) is 1. The molecule has 114 valence electrons. The number of halogens is 1. The predicted molar refractivity (Wildman–Crippen MR) is 88.0 cm³/mol. The first kappa shape index (κ1) is 16.5. The minimum Gasteiger partial charge on any atom is -0.385 e. The largest absolute Gasteiger partial charge is 0.385 e. The van der Waals surface area contributed by atoms with E-state index in [1.165, 1.54) is 12.0 Å². The summed E-state index contributed by atoms with van der Waals surface area (Å²) in [6.45, 7) is 3.88. The van der Waals surface area contributed by atoms with Gasteiger partial charge >= 0.3 is 0 Å². The number of nitrogens with zero attached hydrogens (tertiary/aromatic N) is 1. The molecule has 1 aliphatic rings. The number of benzene rings is 1. The summed E-state index contributed by atoms with van der Waals surface area (Å²) in [5, 5.41) is 10.7. The Morgan fingerprint density at radius 3 is 2.73 bits per heavy atom. The molecule has 0 radical (unpaired) electrons. The van der Waals surface area contributed by atoms with Crippen molar-refractivity contribution in [3.05, 3.63) is 48.2 Å². The van der Waals surface area contributed by atoms with Crippen molar-refractivity contribution in [3.8, 4) is 10.8 Å². The molecule has 4 nitrogen and oxygen atoms in total. The van der Waals surface area contributed by atoms with Crippen LogP contribution in [0.2, 0.25) is 0 Å². The summed E-state index contributed by atoms with van der Waals surface area (Å²) in [5.41, 5.74) is 4.13. The van der Waals surface area contributed by atoms with E-state index in [1.807, 2.05) is 30.3 Å². The Bertz CT molecular complexity index is 655. The van der Waals surface area contributed by atoms with E-state index in [-0.39, 0.29) is 12.5 Å². The average molecular weight is 362 g/mol. The molecule has 1 aromatic rings. The van der Waals surface area contributed by atoms with Crippen molar-refractivity contribution >= 4 is 27.4 Å². The van der Waals surface area contributed by atoms with Gasteiger partial charge in [0.15, 0.2) is 6.10 Å². The first-order valence-electron chi connectivity index (χ1n) is 6.71. The number of ether oxygens (including phenoxy) is 1. The molecular weight excluding hydrogens is 346 g/mol. The zero-order valence-electron chi connectivity index (χ0n) is 12.1. The molecule has 1 N–H and O–H groups in total. The number of rotatable bonds is 5. The number of carbonyl (C=O) groups excluding carboxylic acids is 1. The fourth-order valence-electron chi connectivity index (χ4n) is 2.58. The third-order valence-electron chi connectivity index (χ3n) is 3.66. The van der Waals surface area contributed by atoms with Gasteiger partial charge < -0.3 is 14.7 Å². The number of aliphatic hydroxyl groups excluding tert-OH is 1. The Kier molecular flexibility index (Phi) is 5.59. The summed E-state index contributed by atoms with van der Waals surface area (Å²) in [6.07, 6.45) is -1.63.